The van der Waals surface area contributed by atoms with E-state index in [-0.39, 0.29) is 5.92 Å². The van der Waals surface area contributed by atoms with Crippen LogP contribution in [0.1, 0.15) is 13.3 Å². The molecule has 7 heteroatoms. The highest BCUT2D eigenvalue weighted by molar-refractivity contribution is 8.26. The molecule has 1 heterocycles. The van der Waals surface area contributed by atoms with Crippen LogP contribution in [0.4, 0.5) is 11.4 Å². The van der Waals surface area contributed by atoms with E-state index in [1.807, 2.05) is 37.3 Å². The first kappa shape index (κ1) is 17.9. The first-order valence-corrected chi connectivity index (χ1v) is 9.73. The number of hydrogen-bond acceptors (Lipinski definition) is 6. The van der Waals surface area contributed by atoms with E-state index in [4.69, 9.17) is 15.2 Å². The second kappa shape index (κ2) is 7.13. The molecule has 2 aromatic carbocycles. The van der Waals surface area contributed by atoms with Gasteiger partial charge in [-0.05, 0) is 37.2 Å². The van der Waals surface area contributed by atoms with Gasteiger partial charge in [0.1, 0.15) is 11.4 Å². The third-order valence-electron chi connectivity index (χ3n) is 4.29. The Kier molecular flexibility index (Phi) is 5.10. The Bertz CT molecular complexity index is 726. The molecule has 0 aliphatic carbocycles. The molecule has 0 bridgehead atoms. The average Bonchev–Trinajstić information content (AvgIpc) is 2.61. The summed E-state index contributed by atoms with van der Waals surface area (Å²) in [6.45, 7) is 2.37. The Hall–Kier alpha value is -1.93. The van der Waals surface area contributed by atoms with Crippen molar-refractivity contribution in [2.24, 2.45) is 11.7 Å². The molecule has 0 amide bonds. The fourth-order valence-electron chi connectivity index (χ4n) is 3.01. The molecule has 1 aliphatic rings. The van der Waals surface area contributed by atoms with E-state index >= 15 is 0 Å². The first-order chi connectivity index (χ1) is 12.0. The minimum absolute atomic E-state index is 0.124. The second-order valence-corrected chi connectivity index (χ2v) is 8.02. The van der Waals surface area contributed by atoms with Crippen molar-refractivity contribution in [3.05, 3.63) is 48.5 Å². The van der Waals surface area contributed by atoms with Gasteiger partial charge in [0.25, 0.3) is 0 Å². The Balaban J connectivity index is 2.13. The van der Waals surface area contributed by atoms with E-state index in [0.29, 0.717) is 35.8 Å². The van der Waals surface area contributed by atoms with Gasteiger partial charge < -0.3 is 15.2 Å². The lowest BCUT2D eigenvalue weighted by atomic mass is 10.1. The lowest BCUT2D eigenvalue weighted by molar-refractivity contribution is 0.188. The number of methoxy groups -OCH3 is 1. The SMILES string of the molecule is COc1ccc2c(c1)OC(C(C)CCN)S(O)(O)N2c1ccccc1. The van der Waals surface area contributed by atoms with Crippen LogP contribution in [-0.2, 0) is 0 Å². The van der Waals surface area contributed by atoms with Crippen molar-refractivity contribution in [2.75, 3.05) is 18.0 Å². The number of para-hydroxylation sites is 1. The number of nitrogens with zero attached hydrogens (tertiary/aromatic N) is 1. The van der Waals surface area contributed by atoms with E-state index in [9.17, 15) is 9.11 Å². The Morgan fingerprint density at radius 2 is 1.96 bits per heavy atom. The Morgan fingerprint density at radius 3 is 2.60 bits per heavy atom. The maximum absolute atomic E-state index is 11.1. The van der Waals surface area contributed by atoms with Crippen LogP contribution in [0, 0.1) is 5.92 Å². The van der Waals surface area contributed by atoms with Crippen LogP contribution in [0.5, 0.6) is 11.5 Å². The average molecular weight is 364 g/mol. The number of ether oxygens (including phenoxy) is 2. The summed E-state index contributed by atoms with van der Waals surface area (Å²) in [6, 6.07) is 14.6. The molecule has 0 fully saturated rings. The normalized spacial score (nSPS) is 21.0. The molecule has 136 valence electrons. The van der Waals surface area contributed by atoms with Crippen molar-refractivity contribution >= 4 is 22.2 Å². The molecule has 0 spiro atoms. The smallest absolute Gasteiger partial charge is 0.209 e. The van der Waals surface area contributed by atoms with Crippen LogP contribution in [0.15, 0.2) is 48.5 Å². The van der Waals surface area contributed by atoms with Gasteiger partial charge in [0, 0.05) is 12.0 Å². The number of anilines is 2. The van der Waals surface area contributed by atoms with Gasteiger partial charge >= 0.3 is 0 Å². The van der Waals surface area contributed by atoms with Gasteiger partial charge in [-0.1, -0.05) is 35.9 Å². The van der Waals surface area contributed by atoms with Crippen LogP contribution in [-0.4, -0.2) is 28.2 Å². The maximum atomic E-state index is 11.1. The Morgan fingerprint density at radius 1 is 1.24 bits per heavy atom. The largest absolute Gasteiger partial charge is 0.497 e. The van der Waals surface area contributed by atoms with Crippen LogP contribution in [0.2, 0.25) is 0 Å². The molecule has 2 unspecified atom stereocenters. The van der Waals surface area contributed by atoms with Gasteiger partial charge in [-0.2, -0.15) is 0 Å². The van der Waals surface area contributed by atoms with Crippen molar-refractivity contribution in [3.8, 4) is 11.5 Å². The van der Waals surface area contributed by atoms with Crippen LogP contribution in [0.25, 0.3) is 0 Å². The first-order valence-electron chi connectivity index (χ1n) is 8.16. The van der Waals surface area contributed by atoms with Crippen LogP contribution >= 0.6 is 10.8 Å². The summed E-state index contributed by atoms with van der Waals surface area (Å²) in [4.78, 5) is 0. The number of nitrogens with two attached hydrogens (primary N) is 1. The van der Waals surface area contributed by atoms with E-state index in [0.717, 1.165) is 0 Å². The number of benzene rings is 2. The van der Waals surface area contributed by atoms with Gasteiger partial charge in [0.15, 0.2) is 5.75 Å². The minimum Gasteiger partial charge on any atom is -0.497 e. The Labute approximate surface area is 149 Å². The standard InChI is InChI=1S/C18H24N2O4S/c1-13(10-11-19)18-24-17-12-15(23-2)8-9-16(17)20(25(18,21)22)14-6-4-3-5-7-14/h3-9,12-13,18,21-22H,10-11,19H2,1-2H3. The zero-order chi connectivity index (χ0) is 18.0. The number of rotatable bonds is 5. The van der Waals surface area contributed by atoms with Gasteiger partial charge in [0.05, 0.1) is 12.8 Å². The predicted octanol–water partition coefficient (Wildman–Crippen LogP) is 4.20. The van der Waals surface area contributed by atoms with E-state index < -0.39 is 16.2 Å². The third kappa shape index (κ3) is 3.28. The second-order valence-electron chi connectivity index (χ2n) is 6.07. The minimum atomic E-state index is -3.26. The summed E-state index contributed by atoms with van der Waals surface area (Å²) in [6.07, 6.45) is 0.627. The van der Waals surface area contributed by atoms with Crippen molar-refractivity contribution in [2.45, 2.75) is 18.8 Å². The van der Waals surface area contributed by atoms with Crippen molar-refractivity contribution in [3.63, 3.8) is 0 Å². The zero-order valence-corrected chi connectivity index (χ0v) is 15.1. The third-order valence-corrected chi connectivity index (χ3v) is 6.42. The molecule has 4 N–H and O–H groups in total. The topological polar surface area (TPSA) is 88.2 Å². The molecule has 2 aromatic rings. The summed E-state index contributed by atoms with van der Waals surface area (Å²) < 4.78 is 35.0. The van der Waals surface area contributed by atoms with E-state index in [2.05, 4.69) is 0 Å². The lowest BCUT2D eigenvalue weighted by Crippen LogP contribution is -2.43. The summed E-state index contributed by atoms with van der Waals surface area (Å²) in [5.41, 5.74) is 6.18. The molecule has 6 nitrogen and oxygen atoms in total. The molecule has 25 heavy (non-hydrogen) atoms. The summed E-state index contributed by atoms with van der Waals surface area (Å²) >= 11 is 0. The molecule has 3 rings (SSSR count). The molecular formula is C18H24N2O4S. The quantitative estimate of drug-likeness (QED) is 0.737. The number of hydrogen-bond donors (Lipinski definition) is 3. The fraction of sp³-hybridized carbons (Fsp3) is 0.333. The highest BCUT2D eigenvalue weighted by Gasteiger charge is 2.44. The maximum Gasteiger partial charge on any atom is 0.209 e. The van der Waals surface area contributed by atoms with Gasteiger partial charge in [-0.15, -0.1) is 0 Å². The van der Waals surface area contributed by atoms with Crippen LogP contribution < -0.4 is 19.5 Å². The molecule has 0 radical (unpaired) electrons. The molecule has 1 aliphatic heterocycles. The van der Waals surface area contributed by atoms with Crippen molar-refractivity contribution in [1.82, 2.24) is 0 Å². The summed E-state index contributed by atoms with van der Waals surface area (Å²) in [5.74, 6) is 1.08. The van der Waals surface area contributed by atoms with E-state index in [1.54, 1.807) is 29.6 Å². The van der Waals surface area contributed by atoms with E-state index in [1.165, 1.54) is 0 Å². The molecule has 0 aromatic heterocycles. The van der Waals surface area contributed by atoms with Crippen LogP contribution in [0.3, 0.4) is 0 Å². The predicted molar refractivity (Wildman–Crippen MR) is 102 cm³/mol. The molecular weight excluding hydrogens is 340 g/mol. The fourth-order valence-corrected chi connectivity index (χ4v) is 5.08. The number of fused-ring (bicyclic) bond motifs is 1. The molecule has 2 atom stereocenters. The van der Waals surface area contributed by atoms with Gasteiger partial charge in [0.2, 0.25) is 5.44 Å². The highest BCUT2D eigenvalue weighted by Crippen LogP contribution is 2.62. The van der Waals surface area contributed by atoms with Crippen molar-refractivity contribution in [1.29, 1.82) is 0 Å². The molecule has 0 saturated carbocycles. The summed E-state index contributed by atoms with van der Waals surface area (Å²) in [5, 5.41) is 0. The summed E-state index contributed by atoms with van der Waals surface area (Å²) in [7, 11) is -1.67. The van der Waals surface area contributed by atoms with Gasteiger partial charge in [-0.3, -0.25) is 9.11 Å². The lowest BCUT2D eigenvalue weighted by Gasteiger charge is -2.53. The van der Waals surface area contributed by atoms with Gasteiger partial charge in [-0.25, -0.2) is 4.31 Å². The molecule has 0 saturated heterocycles. The highest BCUT2D eigenvalue weighted by atomic mass is 32.3. The zero-order valence-electron chi connectivity index (χ0n) is 14.3. The van der Waals surface area contributed by atoms with Crippen molar-refractivity contribution < 1.29 is 18.6 Å². The monoisotopic (exact) mass is 364 g/mol.